The van der Waals surface area contributed by atoms with E-state index in [0.717, 1.165) is 35.6 Å². The molecule has 1 aromatic carbocycles. The van der Waals surface area contributed by atoms with E-state index < -0.39 is 0 Å². The Morgan fingerprint density at radius 3 is 2.82 bits per heavy atom. The Bertz CT molecular complexity index is 380. The molecule has 0 spiro atoms. The number of hydrogen-bond acceptors (Lipinski definition) is 2. The van der Waals surface area contributed by atoms with Gasteiger partial charge in [-0.05, 0) is 43.0 Å². The number of ether oxygens (including phenoxy) is 1. The highest BCUT2D eigenvalue weighted by atomic mass is 35.5. The minimum Gasteiger partial charge on any atom is -0.494 e. The number of rotatable bonds is 7. The summed E-state index contributed by atoms with van der Waals surface area (Å²) in [6, 6.07) is 5.73. The van der Waals surface area contributed by atoms with Crippen molar-refractivity contribution in [3.63, 3.8) is 0 Å². The predicted molar refractivity (Wildman–Crippen MR) is 72.1 cm³/mol. The Morgan fingerprint density at radius 2 is 2.18 bits per heavy atom. The molecular formula is C13H19ClN2O. The van der Waals surface area contributed by atoms with Gasteiger partial charge in [0.2, 0.25) is 0 Å². The number of nitrogens with one attached hydrogen (secondary N) is 1. The average molecular weight is 255 g/mol. The molecule has 0 aliphatic heterocycles. The lowest BCUT2D eigenvalue weighted by Crippen LogP contribution is -2.09. The summed E-state index contributed by atoms with van der Waals surface area (Å²) in [7, 11) is 0. The maximum Gasteiger partial charge on any atom is 0.119 e. The van der Waals surface area contributed by atoms with E-state index >= 15 is 0 Å². The molecule has 0 unspecified atom stereocenters. The van der Waals surface area contributed by atoms with Crippen LogP contribution in [0.3, 0.4) is 0 Å². The zero-order valence-corrected chi connectivity index (χ0v) is 10.9. The number of nitrogens with two attached hydrogens (primary N) is 1. The highest BCUT2D eigenvalue weighted by molar-refractivity contribution is 6.31. The van der Waals surface area contributed by atoms with Crippen LogP contribution in [0.4, 0.5) is 0 Å². The van der Waals surface area contributed by atoms with E-state index in [0.29, 0.717) is 13.0 Å². The minimum atomic E-state index is 0.241. The molecule has 0 aromatic heterocycles. The molecule has 0 bridgehead atoms. The molecule has 3 N–H and O–H groups in total. The number of unbranched alkanes of at least 4 members (excludes halogenated alkanes) is 1. The van der Waals surface area contributed by atoms with Crippen LogP contribution < -0.4 is 10.5 Å². The second-order valence-corrected chi connectivity index (χ2v) is 4.34. The third-order valence-corrected chi connectivity index (χ3v) is 2.88. The molecule has 94 valence electrons. The van der Waals surface area contributed by atoms with Crippen LogP contribution in [0.15, 0.2) is 18.2 Å². The van der Waals surface area contributed by atoms with Gasteiger partial charge >= 0.3 is 0 Å². The van der Waals surface area contributed by atoms with E-state index in [1.54, 1.807) is 0 Å². The molecule has 4 heteroatoms. The zero-order valence-electron chi connectivity index (χ0n) is 10.1. The zero-order chi connectivity index (χ0) is 12.7. The molecule has 0 aliphatic carbocycles. The van der Waals surface area contributed by atoms with Crippen molar-refractivity contribution < 1.29 is 4.74 Å². The third kappa shape index (κ3) is 5.09. The minimum absolute atomic E-state index is 0.241. The number of benzene rings is 1. The van der Waals surface area contributed by atoms with Gasteiger partial charge in [0.05, 0.1) is 12.4 Å². The van der Waals surface area contributed by atoms with Crippen molar-refractivity contribution in [2.75, 3.05) is 6.61 Å². The third-order valence-electron chi connectivity index (χ3n) is 2.51. The van der Waals surface area contributed by atoms with Gasteiger partial charge < -0.3 is 10.5 Å². The first-order chi connectivity index (χ1) is 8.13. The number of hydrogen-bond donors (Lipinski definition) is 2. The van der Waals surface area contributed by atoms with E-state index in [2.05, 4.69) is 6.92 Å². The van der Waals surface area contributed by atoms with Gasteiger partial charge in [0.1, 0.15) is 5.75 Å². The van der Waals surface area contributed by atoms with E-state index in [4.69, 9.17) is 27.5 Å². The lowest BCUT2D eigenvalue weighted by Gasteiger charge is -2.08. The largest absolute Gasteiger partial charge is 0.494 e. The van der Waals surface area contributed by atoms with Crippen LogP contribution in [-0.2, 0) is 6.42 Å². The first-order valence-corrected chi connectivity index (χ1v) is 6.25. The number of halogens is 1. The van der Waals surface area contributed by atoms with E-state index in [1.807, 2.05) is 18.2 Å². The molecule has 0 radical (unpaired) electrons. The molecule has 0 fully saturated rings. The Hall–Kier alpha value is -1.22. The summed E-state index contributed by atoms with van der Waals surface area (Å²) < 4.78 is 5.62. The number of aryl methyl sites for hydroxylation is 1. The average Bonchev–Trinajstić information content (AvgIpc) is 2.30. The van der Waals surface area contributed by atoms with Gasteiger partial charge in [-0.15, -0.1) is 0 Å². The topological polar surface area (TPSA) is 59.1 Å². The SMILES string of the molecule is CCc1cc(OCCCCC(=N)N)ccc1Cl. The highest BCUT2D eigenvalue weighted by Crippen LogP contribution is 2.22. The van der Waals surface area contributed by atoms with Gasteiger partial charge in [0.15, 0.2) is 0 Å². The summed E-state index contributed by atoms with van der Waals surface area (Å²) in [5, 5.41) is 7.88. The Balaban J connectivity index is 2.34. The molecule has 0 saturated carbocycles. The molecule has 0 heterocycles. The second-order valence-electron chi connectivity index (χ2n) is 3.94. The van der Waals surface area contributed by atoms with Crippen molar-refractivity contribution in [2.24, 2.45) is 5.73 Å². The monoisotopic (exact) mass is 254 g/mol. The maximum absolute atomic E-state index is 7.09. The molecule has 0 atom stereocenters. The Kier molecular flexibility index (Phi) is 5.84. The summed E-state index contributed by atoms with van der Waals surface area (Å²) >= 11 is 6.02. The van der Waals surface area contributed by atoms with Gasteiger partial charge in [-0.3, -0.25) is 5.41 Å². The molecule has 3 nitrogen and oxygen atoms in total. The standard InChI is InChI=1S/C13H19ClN2O/c1-2-10-9-11(6-7-12(10)14)17-8-4-3-5-13(15)16/h6-7,9H,2-5,8H2,1H3,(H3,15,16). The lowest BCUT2D eigenvalue weighted by atomic mass is 10.1. The van der Waals surface area contributed by atoms with Crippen molar-refractivity contribution in [1.82, 2.24) is 0 Å². The van der Waals surface area contributed by atoms with Crippen molar-refractivity contribution in [1.29, 1.82) is 5.41 Å². The number of amidine groups is 1. The van der Waals surface area contributed by atoms with E-state index in [1.165, 1.54) is 0 Å². The van der Waals surface area contributed by atoms with Crippen LogP contribution in [0, 0.1) is 5.41 Å². The first kappa shape index (κ1) is 13.8. The van der Waals surface area contributed by atoms with Crippen molar-refractivity contribution in [2.45, 2.75) is 32.6 Å². The van der Waals surface area contributed by atoms with Gasteiger partial charge in [-0.2, -0.15) is 0 Å². The quantitative estimate of drug-likeness (QED) is 0.445. The summed E-state index contributed by atoms with van der Waals surface area (Å²) in [4.78, 5) is 0. The summed E-state index contributed by atoms with van der Waals surface area (Å²) in [5.74, 6) is 1.10. The second kappa shape index (κ2) is 7.17. The molecule has 17 heavy (non-hydrogen) atoms. The highest BCUT2D eigenvalue weighted by Gasteiger charge is 2.01. The fraction of sp³-hybridized carbons (Fsp3) is 0.462. The van der Waals surface area contributed by atoms with Gasteiger partial charge in [-0.1, -0.05) is 18.5 Å². The summed E-state index contributed by atoms with van der Waals surface area (Å²) in [6.07, 6.45) is 3.35. The normalized spacial score (nSPS) is 10.2. The van der Waals surface area contributed by atoms with Crippen LogP contribution in [0.5, 0.6) is 5.75 Å². The van der Waals surface area contributed by atoms with E-state index in [-0.39, 0.29) is 5.84 Å². The lowest BCUT2D eigenvalue weighted by molar-refractivity contribution is 0.307. The van der Waals surface area contributed by atoms with E-state index in [9.17, 15) is 0 Å². The molecule has 1 rings (SSSR count). The molecule has 0 amide bonds. The summed E-state index contributed by atoms with van der Waals surface area (Å²) in [5.41, 5.74) is 6.37. The molecule has 1 aromatic rings. The molecular weight excluding hydrogens is 236 g/mol. The molecule has 0 aliphatic rings. The first-order valence-electron chi connectivity index (χ1n) is 5.87. The Labute approximate surface area is 107 Å². The van der Waals surface area contributed by atoms with Gasteiger partial charge in [0, 0.05) is 11.4 Å². The van der Waals surface area contributed by atoms with Gasteiger partial charge in [0.25, 0.3) is 0 Å². The van der Waals surface area contributed by atoms with Crippen LogP contribution in [-0.4, -0.2) is 12.4 Å². The smallest absolute Gasteiger partial charge is 0.119 e. The fourth-order valence-electron chi connectivity index (χ4n) is 1.52. The van der Waals surface area contributed by atoms with Crippen LogP contribution >= 0.6 is 11.6 Å². The van der Waals surface area contributed by atoms with Crippen LogP contribution in [0.2, 0.25) is 5.02 Å². The summed E-state index contributed by atoms with van der Waals surface area (Å²) in [6.45, 7) is 2.72. The maximum atomic E-state index is 7.09. The van der Waals surface area contributed by atoms with Gasteiger partial charge in [-0.25, -0.2) is 0 Å². The molecule has 0 saturated heterocycles. The van der Waals surface area contributed by atoms with Crippen molar-refractivity contribution >= 4 is 17.4 Å². The van der Waals surface area contributed by atoms with Crippen LogP contribution in [0.1, 0.15) is 31.7 Å². The van der Waals surface area contributed by atoms with Crippen LogP contribution in [0.25, 0.3) is 0 Å². The fourth-order valence-corrected chi connectivity index (χ4v) is 1.77. The Morgan fingerprint density at radius 1 is 1.41 bits per heavy atom. The van der Waals surface area contributed by atoms with Crippen molar-refractivity contribution in [3.8, 4) is 5.75 Å². The van der Waals surface area contributed by atoms with Crippen molar-refractivity contribution in [3.05, 3.63) is 28.8 Å². The predicted octanol–water partition coefficient (Wildman–Crippen LogP) is 3.39.